The molecule has 5 aliphatic carbocycles. The number of aliphatic hydroxyl groups excluding tert-OH is 2. The van der Waals surface area contributed by atoms with Gasteiger partial charge >= 0.3 is 29.8 Å². The molecule has 13 nitrogen and oxygen atoms in total. The van der Waals surface area contributed by atoms with Gasteiger partial charge in [-0.15, -0.1) is 0 Å². The van der Waals surface area contributed by atoms with Crippen molar-refractivity contribution < 1.29 is 62.6 Å². The standard InChI is InChI=1S/C44H66O13/c1-23(45)52-22-29-34(53-24(2)46)35(54-25(3)47)36(55-26(4)48)37(56-29)57-38(51)44-19-18-39(5,6)20-28(44)27-12-13-31-41(9)16-15-32(49)40(7,8)30(41)14-17-42(31,10)43(27,11)21-33(44)50/h12,28-37,49-50H,13-22H2,1-11H3/t28?,29-,30?,31?,32-,33+,34+,35+,36-,37?,41-,42+,43+,44+/m0/s1. The van der Waals surface area contributed by atoms with Gasteiger partial charge in [-0.2, -0.15) is 0 Å². The van der Waals surface area contributed by atoms with Crippen LogP contribution in [0.4, 0.5) is 0 Å². The quantitative estimate of drug-likeness (QED) is 0.181. The van der Waals surface area contributed by atoms with Crippen LogP contribution in [0.1, 0.15) is 134 Å². The molecule has 1 aliphatic heterocycles. The highest BCUT2D eigenvalue weighted by Gasteiger charge is 2.72. The Labute approximate surface area is 337 Å². The second kappa shape index (κ2) is 14.9. The molecule has 5 fully saturated rings. The van der Waals surface area contributed by atoms with Gasteiger partial charge in [0.05, 0.1) is 12.2 Å². The summed E-state index contributed by atoms with van der Waals surface area (Å²) in [6.45, 7) is 20.0. The fourth-order valence-electron chi connectivity index (χ4n) is 13.2. The fourth-order valence-corrected chi connectivity index (χ4v) is 13.2. The molecule has 0 amide bonds. The van der Waals surface area contributed by atoms with Crippen LogP contribution in [0.25, 0.3) is 0 Å². The number of rotatable bonds is 7. The van der Waals surface area contributed by atoms with Gasteiger partial charge in [-0.1, -0.05) is 60.1 Å². The lowest BCUT2D eigenvalue weighted by atomic mass is 9.33. The summed E-state index contributed by atoms with van der Waals surface area (Å²) in [4.78, 5) is 64.4. The molecule has 1 saturated heterocycles. The lowest BCUT2D eigenvalue weighted by molar-refractivity contribution is -0.306. The lowest BCUT2D eigenvalue weighted by Crippen LogP contribution is -2.68. The molecule has 320 valence electrons. The minimum absolute atomic E-state index is 0.0137. The maximum absolute atomic E-state index is 15.2. The van der Waals surface area contributed by atoms with Crippen LogP contribution in [0.3, 0.4) is 0 Å². The molecular weight excluding hydrogens is 736 g/mol. The van der Waals surface area contributed by atoms with Crippen LogP contribution >= 0.6 is 0 Å². The Kier molecular flexibility index (Phi) is 11.4. The Morgan fingerprint density at radius 2 is 1.32 bits per heavy atom. The number of carbonyl (C=O) groups is 5. The van der Waals surface area contributed by atoms with Crippen molar-refractivity contribution in [2.75, 3.05) is 6.61 Å². The van der Waals surface area contributed by atoms with Crippen molar-refractivity contribution in [1.82, 2.24) is 0 Å². The van der Waals surface area contributed by atoms with Crippen LogP contribution < -0.4 is 0 Å². The van der Waals surface area contributed by atoms with Gasteiger partial charge in [0.2, 0.25) is 12.4 Å². The monoisotopic (exact) mass is 802 g/mol. The summed E-state index contributed by atoms with van der Waals surface area (Å²) in [6.07, 6.45) is -0.174. The van der Waals surface area contributed by atoms with Gasteiger partial charge in [0.25, 0.3) is 0 Å². The fraction of sp³-hybridized carbons (Fsp3) is 0.841. The topological polar surface area (TPSA) is 181 Å². The molecule has 6 aliphatic rings. The number of allylic oxidation sites excluding steroid dienone is 2. The van der Waals surface area contributed by atoms with Crippen LogP contribution in [0.2, 0.25) is 0 Å². The van der Waals surface area contributed by atoms with E-state index < -0.39 is 84.1 Å². The Balaban J connectivity index is 1.40. The van der Waals surface area contributed by atoms with E-state index in [0.29, 0.717) is 37.5 Å². The maximum atomic E-state index is 15.2. The molecule has 0 bridgehead atoms. The maximum Gasteiger partial charge on any atom is 0.317 e. The Bertz CT molecular complexity index is 1670. The second-order valence-corrected chi connectivity index (χ2v) is 20.3. The molecule has 4 unspecified atom stereocenters. The third kappa shape index (κ3) is 7.13. The Morgan fingerprint density at radius 3 is 1.93 bits per heavy atom. The summed E-state index contributed by atoms with van der Waals surface area (Å²) in [5.74, 6) is -3.49. The minimum atomic E-state index is -1.69. The molecule has 13 heteroatoms. The molecule has 1 heterocycles. The van der Waals surface area contributed by atoms with E-state index in [1.807, 2.05) is 0 Å². The zero-order chi connectivity index (χ0) is 42.3. The third-order valence-corrected chi connectivity index (χ3v) is 16.2. The van der Waals surface area contributed by atoms with E-state index in [1.165, 1.54) is 12.5 Å². The van der Waals surface area contributed by atoms with Crippen LogP contribution in [0.5, 0.6) is 0 Å². The summed E-state index contributed by atoms with van der Waals surface area (Å²) in [5.41, 5.74) is -1.24. The highest BCUT2D eigenvalue weighted by Crippen LogP contribution is 2.76. The Morgan fingerprint density at radius 1 is 0.702 bits per heavy atom. The number of fused-ring (bicyclic) bond motifs is 7. The molecule has 14 atom stereocenters. The van der Waals surface area contributed by atoms with Crippen molar-refractivity contribution in [3.8, 4) is 0 Å². The van der Waals surface area contributed by atoms with Gasteiger partial charge in [0.15, 0.2) is 12.2 Å². The first kappa shape index (κ1) is 43.5. The SMILES string of the molecule is CC(=O)OC[C@@H]1OC(OC(=O)[C@]23CCC(C)(C)CC2C2=CCC4[C@@]5(C)CC[C@H](O)C(C)(C)C5CC[C@@]4(C)[C@]2(C)C[C@H]3O)[C@@H](OC(C)=O)[C@H](OC(C)=O)[C@@H]1OC(C)=O. The summed E-state index contributed by atoms with van der Waals surface area (Å²) in [5, 5.41) is 23.8. The average molecular weight is 803 g/mol. The number of hydrogen-bond acceptors (Lipinski definition) is 13. The summed E-state index contributed by atoms with van der Waals surface area (Å²) >= 11 is 0. The van der Waals surface area contributed by atoms with Crippen molar-refractivity contribution in [3.63, 3.8) is 0 Å². The number of carbonyl (C=O) groups excluding carboxylic acids is 5. The zero-order valence-electron chi connectivity index (χ0n) is 35.8. The van der Waals surface area contributed by atoms with E-state index in [2.05, 4.69) is 54.5 Å². The highest BCUT2D eigenvalue weighted by molar-refractivity contribution is 5.80. The van der Waals surface area contributed by atoms with Crippen molar-refractivity contribution in [1.29, 1.82) is 0 Å². The molecular formula is C44H66O13. The van der Waals surface area contributed by atoms with Crippen molar-refractivity contribution >= 4 is 29.8 Å². The summed E-state index contributed by atoms with van der Waals surface area (Å²) in [6, 6.07) is 0. The van der Waals surface area contributed by atoms with E-state index in [1.54, 1.807) is 0 Å². The normalized spacial score (nSPS) is 44.3. The largest absolute Gasteiger partial charge is 0.463 e. The number of esters is 5. The van der Waals surface area contributed by atoms with Crippen molar-refractivity contribution in [2.45, 2.75) is 177 Å². The highest BCUT2D eigenvalue weighted by atomic mass is 16.7. The lowest BCUT2D eigenvalue weighted by Gasteiger charge is -2.71. The molecule has 0 spiro atoms. The van der Waals surface area contributed by atoms with E-state index in [4.69, 9.17) is 28.4 Å². The Hall–Kier alpha value is -3.03. The zero-order valence-corrected chi connectivity index (χ0v) is 35.8. The molecule has 57 heavy (non-hydrogen) atoms. The van der Waals surface area contributed by atoms with Gasteiger partial charge in [-0.25, -0.2) is 0 Å². The molecule has 0 radical (unpaired) electrons. The molecule has 4 saturated carbocycles. The first-order chi connectivity index (χ1) is 26.3. The van der Waals surface area contributed by atoms with Crippen LogP contribution in [0, 0.1) is 50.2 Å². The molecule has 0 aromatic carbocycles. The van der Waals surface area contributed by atoms with Crippen LogP contribution in [-0.4, -0.2) is 89.6 Å². The van der Waals surface area contributed by atoms with E-state index in [-0.39, 0.29) is 33.7 Å². The molecule has 2 N–H and O–H groups in total. The van der Waals surface area contributed by atoms with Crippen LogP contribution in [-0.2, 0) is 52.4 Å². The van der Waals surface area contributed by atoms with Gasteiger partial charge in [-0.3, -0.25) is 24.0 Å². The smallest absolute Gasteiger partial charge is 0.317 e. The number of aliphatic hydroxyl groups is 2. The second-order valence-electron chi connectivity index (χ2n) is 20.3. The molecule has 6 rings (SSSR count). The van der Waals surface area contributed by atoms with Crippen LogP contribution in [0.15, 0.2) is 11.6 Å². The van der Waals surface area contributed by atoms with E-state index in [9.17, 15) is 29.4 Å². The third-order valence-electron chi connectivity index (χ3n) is 16.2. The van der Waals surface area contributed by atoms with E-state index in [0.717, 1.165) is 52.9 Å². The summed E-state index contributed by atoms with van der Waals surface area (Å²) < 4.78 is 34.5. The predicted molar refractivity (Wildman–Crippen MR) is 204 cm³/mol. The van der Waals surface area contributed by atoms with Gasteiger partial charge in [-0.05, 0) is 103 Å². The predicted octanol–water partition coefficient (Wildman–Crippen LogP) is 5.75. The van der Waals surface area contributed by atoms with Gasteiger partial charge < -0.3 is 38.6 Å². The number of hydrogen-bond donors (Lipinski definition) is 2. The van der Waals surface area contributed by atoms with Crippen molar-refractivity contribution in [3.05, 3.63) is 11.6 Å². The van der Waals surface area contributed by atoms with Gasteiger partial charge in [0, 0.05) is 27.7 Å². The number of ether oxygens (including phenoxy) is 6. The molecule has 0 aromatic heterocycles. The van der Waals surface area contributed by atoms with Gasteiger partial charge in [0.1, 0.15) is 18.1 Å². The first-order valence-electron chi connectivity index (χ1n) is 20.9. The van der Waals surface area contributed by atoms with E-state index >= 15 is 4.79 Å². The van der Waals surface area contributed by atoms with Crippen molar-refractivity contribution in [2.24, 2.45) is 50.2 Å². The summed E-state index contributed by atoms with van der Waals surface area (Å²) in [7, 11) is 0. The first-order valence-corrected chi connectivity index (χ1v) is 20.9. The average Bonchev–Trinajstić information content (AvgIpc) is 3.08. The minimum Gasteiger partial charge on any atom is -0.463 e. The molecule has 0 aromatic rings.